The fourth-order valence-electron chi connectivity index (χ4n) is 1.34. The van der Waals surface area contributed by atoms with Crippen molar-refractivity contribution in [1.29, 1.82) is 0 Å². The number of hydrogen-bond acceptors (Lipinski definition) is 4. The van der Waals surface area contributed by atoms with E-state index >= 15 is 0 Å². The van der Waals surface area contributed by atoms with Gasteiger partial charge in [0.1, 0.15) is 0 Å². The van der Waals surface area contributed by atoms with E-state index in [2.05, 4.69) is 4.74 Å². The van der Waals surface area contributed by atoms with Crippen LogP contribution in [0.25, 0.3) is 0 Å². The molecule has 0 aromatic heterocycles. The largest absolute Gasteiger partial charge is 0.493 e. The van der Waals surface area contributed by atoms with Gasteiger partial charge in [0.15, 0.2) is 28.6 Å². The first kappa shape index (κ1) is 12.1. The predicted octanol–water partition coefficient (Wildman–Crippen LogP) is 1.55. The zero-order chi connectivity index (χ0) is 12.3. The van der Waals surface area contributed by atoms with Gasteiger partial charge < -0.3 is 19.3 Å². The molecule has 0 aliphatic rings. The number of hydrogen-bond donors (Lipinski definition) is 1. The quantitative estimate of drug-likeness (QED) is 0.850. The molecular weight excluding hydrogens is 219 g/mol. The summed E-state index contributed by atoms with van der Waals surface area (Å²) < 4.78 is 27.8. The lowest BCUT2D eigenvalue weighted by Crippen LogP contribution is -2.07. The lowest BCUT2D eigenvalue weighted by molar-refractivity contribution is 0.0687. The van der Waals surface area contributed by atoms with Gasteiger partial charge in [-0.05, 0) is 0 Å². The third kappa shape index (κ3) is 1.86. The Morgan fingerprint density at radius 3 is 2.12 bits per heavy atom. The van der Waals surface area contributed by atoms with E-state index in [4.69, 9.17) is 14.6 Å². The van der Waals surface area contributed by atoms with Crippen LogP contribution in [0.2, 0.25) is 0 Å². The molecule has 5 nitrogen and oxygen atoms in total. The van der Waals surface area contributed by atoms with Crippen LogP contribution in [0.5, 0.6) is 17.2 Å². The third-order valence-corrected chi connectivity index (χ3v) is 1.99. The fraction of sp³-hybridized carbons (Fsp3) is 0.300. The van der Waals surface area contributed by atoms with Crippen LogP contribution in [0, 0.1) is 5.82 Å². The minimum absolute atomic E-state index is 0.00167. The molecule has 0 unspecified atom stereocenters. The van der Waals surface area contributed by atoms with E-state index in [1.54, 1.807) is 0 Å². The second-order valence-electron chi connectivity index (χ2n) is 2.81. The van der Waals surface area contributed by atoms with E-state index in [-0.39, 0.29) is 17.2 Å². The number of rotatable bonds is 4. The first-order chi connectivity index (χ1) is 7.56. The number of carboxylic acid groups (broad SMARTS) is 1. The lowest BCUT2D eigenvalue weighted by Gasteiger charge is -2.14. The van der Waals surface area contributed by atoms with E-state index in [0.717, 1.165) is 6.07 Å². The first-order valence-electron chi connectivity index (χ1n) is 4.28. The summed E-state index contributed by atoms with van der Waals surface area (Å²) in [5, 5.41) is 8.97. The standard InChI is InChI=1S/C10H11FO5/c1-14-6-4-5(11)8(15-2)7(10(12)13)9(6)16-3/h4H,1-3H3,(H,12,13). The fourth-order valence-corrected chi connectivity index (χ4v) is 1.34. The van der Waals surface area contributed by atoms with E-state index in [1.807, 2.05) is 0 Å². The van der Waals surface area contributed by atoms with E-state index in [1.165, 1.54) is 21.3 Å². The third-order valence-electron chi connectivity index (χ3n) is 1.99. The Labute approximate surface area is 91.4 Å². The van der Waals surface area contributed by atoms with Crippen molar-refractivity contribution in [1.82, 2.24) is 0 Å². The molecule has 0 saturated carbocycles. The molecule has 0 fully saturated rings. The molecule has 1 aromatic carbocycles. The number of ether oxygens (including phenoxy) is 3. The Morgan fingerprint density at radius 2 is 1.75 bits per heavy atom. The van der Waals surface area contributed by atoms with Crippen molar-refractivity contribution in [3.8, 4) is 17.2 Å². The lowest BCUT2D eigenvalue weighted by atomic mass is 10.1. The average molecular weight is 230 g/mol. The van der Waals surface area contributed by atoms with Gasteiger partial charge >= 0.3 is 5.97 Å². The molecule has 0 bridgehead atoms. The van der Waals surface area contributed by atoms with Crippen LogP contribution < -0.4 is 14.2 Å². The Hall–Kier alpha value is -1.98. The summed E-state index contributed by atoms with van der Waals surface area (Å²) in [6.45, 7) is 0. The molecular formula is C10H11FO5. The maximum absolute atomic E-state index is 13.5. The molecule has 0 amide bonds. The van der Waals surface area contributed by atoms with Crippen molar-refractivity contribution in [3.63, 3.8) is 0 Å². The normalized spacial score (nSPS) is 9.75. The number of carboxylic acids is 1. The summed E-state index contributed by atoms with van der Waals surface area (Å²) in [5.41, 5.74) is -0.401. The van der Waals surface area contributed by atoms with Crippen molar-refractivity contribution < 1.29 is 28.5 Å². The maximum atomic E-state index is 13.5. The molecule has 0 spiro atoms. The summed E-state index contributed by atoms with van der Waals surface area (Å²) in [4.78, 5) is 11.0. The van der Waals surface area contributed by atoms with Crippen molar-refractivity contribution in [2.45, 2.75) is 0 Å². The molecule has 0 heterocycles. The average Bonchev–Trinajstić information content (AvgIpc) is 2.27. The number of benzene rings is 1. The molecule has 6 heteroatoms. The van der Waals surface area contributed by atoms with Crippen molar-refractivity contribution in [2.75, 3.05) is 21.3 Å². The Kier molecular flexibility index (Phi) is 3.55. The molecule has 0 saturated heterocycles. The van der Waals surface area contributed by atoms with Crippen molar-refractivity contribution >= 4 is 5.97 Å². The van der Waals surface area contributed by atoms with Crippen LogP contribution in [0.3, 0.4) is 0 Å². The summed E-state index contributed by atoms with van der Waals surface area (Å²) in [6.07, 6.45) is 0. The summed E-state index contributed by atoms with van der Waals surface area (Å²) >= 11 is 0. The van der Waals surface area contributed by atoms with Gasteiger partial charge in [0, 0.05) is 6.07 Å². The molecule has 1 N–H and O–H groups in total. The molecule has 0 atom stereocenters. The Morgan fingerprint density at radius 1 is 1.19 bits per heavy atom. The summed E-state index contributed by atoms with van der Waals surface area (Å²) in [7, 11) is 3.73. The van der Waals surface area contributed by atoms with Gasteiger partial charge in [0.25, 0.3) is 0 Å². The highest BCUT2D eigenvalue weighted by Crippen LogP contribution is 2.39. The minimum Gasteiger partial charge on any atom is -0.493 e. The van der Waals surface area contributed by atoms with Crippen LogP contribution in [-0.4, -0.2) is 32.4 Å². The molecule has 1 rings (SSSR count). The van der Waals surface area contributed by atoms with Crippen LogP contribution in [0.4, 0.5) is 4.39 Å². The topological polar surface area (TPSA) is 65.0 Å². The van der Waals surface area contributed by atoms with E-state index < -0.39 is 17.3 Å². The molecule has 1 aromatic rings. The molecule has 16 heavy (non-hydrogen) atoms. The van der Waals surface area contributed by atoms with Gasteiger partial charge in [-0.1, -0.05) is 0 Å². The highest BCUT2D eigenvalue weighted by atomic mass is 19.1. The van der Waals surface area contributed by atoms with Gasteiger partial charge in [-0.3, -0.25) is 0 Å². The van der Waals surface area contributed by atoms with Gasteiger partial charge in [0.2, 0.25) is 0 Å². The van der Waals surface area contributed by atoms with Crippen molar-refractivity contribution in [3.05, 3.63) is 17.4 Å². The van der Waals surface area contributed by atoms with Gasteiger partial charge in [-0.25, -0.2) is 9.18 Å². The second-order valence-corrected chi connectivity index (χ2v) is 2.81. The Balaban J connectivity index is 3.60. The van der Waals surface area contributed by atoms with E-state index in [9.17, 15) is 9.18 Å². The maximum Gasteiger partial charge on any atom is 0.343 e. The van der Waals surface area contributed by atoms with Crippen LogP contribution in [0.1, 0.15) is 10.4 Å². The number of methoxy groups -OCH3 is 3. The minimum atomic E-state index is -1.36. The van der Waals surface area contributed by atoms with Crippen molar-refractivity contribution in [2.24, 2.45) is 0 Å². The summed E-state index contributed by atoms with van der Waals surface area (Å²) in [5.74, 6) is -2.64. The monoisotopic (exact) mass is 230 g/mol. The molecule has 0 radical (unpaired) electrons. The van der Waals surface area contributed by atoms with E-state index in [0.29, 0.717) is 0 Å². The van der Waals surface area contributed by atoms with Crippen LogP contribution >= 0.6 is 0 Å². The second kappa shape index (κ2) is 4.69. The summed E-state index contributed by atoms with van der Waals surface area (Å²) in [6, 6.07) is 1.00. The molecule has 88 valence electrons. The predicted molar refractivity (Wildman–Crippen MR) is 53.0 cm³/mol. The first-order valence-corrected chi connectivity index (χ1v) is 4.28. The van der Waals surface area contributed by atoms with Crippen LogP contribution in [-0.2, 0) is 0 Å². The highest BCUT2D eigenvalue weighted by Gasteiger charge is 2.25. The van der Waals surface area contributed by atoms with Crippen LogP contribution in [0.15, 0.2) is 6.07 Å². The Bertz CT molecular complexity index is 416. The number of aromatic carboxylic acids is 1. The SMILES string of the molecule is COc1cc(F)c(OC)c(C(=O)O)c1OC. The molecule has 0 aliphatic carbocycles. The number of halogens is 1. The zero-order valence-corrected chi connectivity index (χ0v) is 9.04. The molecule has 0 aliphatic heterocycles. The van der Waals surface area contributed by atoms with Gasteiger partial charge in [0.05, 0.1) is 21.3 Å². The highest BCUT2D eigenvalue weighted by molar-refractivity contribution is 5.95. The smallest absolute Gasteiger partial charge is 0.343 e. The van der Waals surface area contributed by atoms with Gasteiger partial charge in [-0.15, -0.1) is 0 Å². The van der Waals surface area contributed by atoms with Gasteiger partial charge in [-0.2, -0.15) is 0 Å². The zero-order valence-electron chi connectivity index (χ0n) is 9.04. The number of carbonyl (C=O) groups is 1.